The molecule has 0 saturated carbocycles. The Labute approximate surface area is 111 Å². The van der Waals surface area contributed by atoms with Crippen LogP contribution in [0.3, 0.4) is 0 Å². The first-order valence-corrected chi connectivity index (χ1v) is 6.39. The van der Waals surface area contributed by atoms with E-state index in [1.165, 1.54) is 0 Å². The van der Waals surface area contributed by atoms with Crippen molar-refractivity contribution in [1.29, 1.82) is 0 Å². The van der Waals surface area contributed by atoms with Crippen molar-refractivity contribution in [3.8, 4) is 0 Å². The van der Waals surface area contributed by atoms with Crippen molar-refractivity contribution in [2.45, 2.75) is 6.92 Å². The van der Waals surface area contributed by atoms with Gasteiger partial charge >= 0.3 is 5.97 Å². The molecule has 0 radical (unpaired) electrons. The number of ether oxygens (including phenoxy) is 1. The summed E-state index contributed by atoms with van der Waals surface area (Å²) in [5, 5.41) is 3.47. The van der Waals surface area contributed by atoms with Crippen LogP contribution in [0.25, 0.3) is 0 Å². The number of nitrogens with one attached hydrogen (secondary N) is 1. The molecule has 1 fully saturated rings. The first-order chi connectivity index (χ1) is 8.72. The number of rotatable bonds is 3. The largest absolute Gasteiger partial charge is 0.462 e. The summed E-state index contributed by atoms with van der Waals surface area (Å²) in [5.74, 6) is 0.372. The lowest BCUT2D eigenvalue weighted by molar-refractivity contribution is 0.0526. The number of hydrogen-bond donors (Lipinski definition) is 1. The normalized spacial score (nSPS) is 15.6. The molecule has 1 saturated heterocycles. The molecule has 0 aromatic carbocycles. The van der Waals surface area contributed by atoms with E-state index < -0.39 is 5.97 Å². The minimum Gasteiger partial charge on any atom is -0.462 e. The summed E-state index contributed by atoms with van der Waals surface area (Å²) < 4.78 is 4.91. The van der Waals surface area contributed by atoms with Gasteiger partial charge in [-0.1, -0.05) is 11.6 Å². The lowest BCUT2D eigenvalue weighted by Crippen LogP contribution is -2.43. The quantitative estimate of drug-likeness (QED) is 0.663. The predicted molar refractivity (Wildman–Crippen MR) is 70.3 cm³/mol. The lowest BCUT2D eigenvalue weighted by Gasteiger charge is -2.28. The van der Waals surface area contributed by atoms with Gasteiger partial charge in [-0.25, -0.2) is 9.78 Å². The average Bonchev–Trinajstić information content (AvgIpc) is 2.40. The minimum atomic E-state index is -0.429. The van der Waals surface area contributed by atoms with Gasteiger partial charge in [0.2, 0.25) is 0 Å². The van der Waals surface area contributed by atoms with Crippen LogP contribution >= 0.6 is 11.6 Å². The second-order valence-electron chi connectivity index (χ2n) is 3.97. The lowest BCUT2D eigenvalue weighted by atomic mass is 10.2. The molecule has 6 heteroatoms. The molecule has 1 aliphatic heterocycles. The Hall–Kier alpha value is -1.33. The monoisotopic (exact) mass is 269 g/mol. The van der Waals surface area contributed by atoms with E-state index in [0.29, 0.717) is 12.2 Å². The van der Waals surface area contributed by atoms with Gasteiger partial charge in [0.05, 0.1) is 12.2 Å². The SMILES string of the molecule is CCOC(=O)c1ccc(N2CCNCC2)nc1Cl. The van der Waals surface area contributed by atoms with Gasteiger partial charge in [-0.2, -0.15) is 0 Å². The highest BCUT2D eigenvalue weighted by Gasteiger charge is 2.16. The maximum Gasteiger partial charge on any atom is 0.341 e. The van der Waals surface area contributed by atoms with Crippen LogP contribution in [0, 0.1) is 0 Å². The Balaban J connectivity index is 2.16. The van der Waals surface area contributed by atoms with E-state index in [-0.39, 0.29) is 5.15 Å². The molecule has 1 aliphatic rings. The topological polar surface area (TPSA) is 54.5 Å². The first kappa shape index (κ1) is 13.1. The highest BCUT2D eigenvalue weighted by Crippen LogP contribution is 2.20. The molecule has 0 atom stereocenters. The van der Waals surface area contributed by atoms with Gasteiger partial charge in [-0.3, -0.25) is 0 Å². The zero-order valence-corrected chi connectivity index (χ0v) is 11.0. The van der Waals surface area contributed by atoms with Crippen LogP contribution < -0.4 is 10.2 Å². The van der Waals surface area contributed by atoms with Crippen LogP contribution in [0.15, 0.2) is 12.1 Å². The molecular formula is C12H16ClN3O2. The summed E-state index contributed by atoms with van der Waals surface area (Å²) in [5.41, 5.74) is 0.317. The third-order valence-corrected chi connectivity index (χ3v) is 3.06. The Kier molecular flexibility index (Phi) is 4.38. The molecule has 5 nitrogen and oxygen atoms in total. The fourth-order valence-electron chi connectivity index (χ4n) is 1.86. The first-order valence-electron chi connectivity index (χ1n) is 6.01. The minimum absolute atomic E-state index is 0.199. The second kappa shape index (κ2) is 6.02. The number of halogens is 1. The smallest absolute Gasteiger partial charge is 0.341 e. The molecule has 0 unspecified atom stereocenters. The molecule has 18 heavy (non-hydrogen) atoms. The van der Waals surface area contributed by atoms with Gasteiger partial charge in [0.1, 0.15) is 11.0 Å². The molecule has 0 amide bonds. The Morgan fingerprint density at radius 2 is 2.22 bits per heavy atom. The maximum absolute atomic E-state index is 11.6. The maximum atomic E-state index is 11.6. The van der Waals surface area contributed by atoms with Crippen molar-refractivity contribution in [2.75, 3.05) is 37.7 Å². The third kappa shape index (κ3) is 2.91. The Bertz CT molecular complexity index is 433. The van der Waals surface area contributed by atoms with Crippen molar-refractivity contribution < 1.29 is 9.53 Å². The van der Waals surface area contributed by atoms with E-state index in [4.69, 9.17) is 16.3 Å². The number of anilines is 1. The summed E-state index contributed by atoms with van der Waals surface area (Å²) in [6.45, 7) is 5.73. The molecule has 0 bridgehead atoms. The second-order valence-corrected chi connectivity index (χ2v) is 4.32. The summed E-state index contributed by atoms with van der Waals surface area (Å²) >= 11 is 6.02. The highest BCUT2D eigenvalue weighted by atomic mass is 35.5. The van der Waals surface area contributed by atoms with Gasteiger partial charge in [-0.05, 0) is 19.1 Å². The molecule has 2 heterocycles. The van der Waals surface area contributed by atoms with E-state index >= 15 is 0 Å². The standard InChI is InChI=1S/C12H16ClN3O2/c1-2-18-12(17)9-3-4-10(15-11(9)13)16-7-5-14-6-8-16/h3-4,14H,2,5-8H2,1H3. The molecule has 2 rings (SSSR count). The molecule has 1 N–H and O–H groups in total. The predicted octanol–water partition coefficient (Wildman–Crippen LogP) is 1.32. The van der Waals surface area contributed by atoms with E-state index in [0.717, 1.165) is 32.0 Å². The molecule has 0 aliphatic carbocycles. The Morgan fingerprint density at radius 3 is 2.83 bits per heavy atom. The van der Waals surface area contributed by atoms with Crippen LogP contribution in [-0.2, 0) is 4.74 Å². The zero-order valence-electron chi connectivity index (χ0n) is 10.3. The van der Waals surface area contributed by atoms with Gasteiger partial charge < -0.3 is 15.0 Å². The van der Waals surface area contributed by atoms with Crippen molar-refractivity contribution in [3.63, 3.8) is 0 Å². The third-order valence-electron chi connectivity index (χ3n) is 2.77. The van der Waals surface area contributed by atoms with Crippen molar-refractivity contribution in [2.24, 2.45) is 0 Å². The number of carbonyl (C=O) groups is 1. The van der Waals surface area contributed by atoms with Gasteiger partial charge in [0, 0.05) is 26.2 Å². The summed E-state index contributed by atoms with van der Waals surface area (Å²) in [7, 11) is 0. The van der Waals surface area contributed by atoms with E-state index in [1.54, 1.807) is 13.0 Å². The molecule has 1 aromatic heterocycles. The number of piperazine rings is 1. The van der Waals surface area contributed by atoms with Gasteiger partial charge in [-0.15, -0.1) is 0 Å². The van der Waals surface area contributed by atoms with Crippen molar-refractivity contribution >= 4 is 23.4 Å². The zero-order chi connectivity index (χ0) is 13.0. The fourth-order valence-corrected chi connectivity index (χ4v) is 2.08. The Morgan fingerprint density at radius 1 is 1.50 bits per heavy atom. The highest BCUT2D eigenvalue weighted by molar-refractivity contribution is 6.32. The van der Waals surface area contributed by atoms with E-state index in [9.17, 15) is 4.79 Å². The summed E-state index contributed by atoms with van der Waals surface area (Å²) in [4.78, 5) is 18.0. The molecule has 1 aromatic rings. The summed E-state index contributed by atoms with van der Waals surface area (Å²) in [6.07, 6.45) is 0. The average molecular weight is 270 g/mol. The number of hydrogen-bond acceptors (Lipinski definition) is 5. The molecule has 98 valence electrons. The van der Waals surface area contributed by atoms with Crippen LogP contribution in [0.2, 0.25) is 5.15 Å². The van der Waals surface area contributed by atoms with Crippen molar-refractivity contribution in [3.05, 3.63) is 22.8 Å². The van der Waals surface area contributed by atoms with Gasteiger partial charge in [0.25, 0.3) is 0 Å². The van der Waals surface area contributed by atoms with Crippen LogP contribution in [0.4, 0.5) is 5.82 Å². The van der Waals surface area contributed by atoms with E-state index in [2.05, 4.69) is 15.2 Å². The van der Waals surface area contributed by atoms with Crippen LogP contribution in [-0.4, -0.2) is 43.7 Å². The number of pyridine rings is 1. The fraction of sp³-hybridized carbons (Fsp3) is 0.500. The number of esters is 1. The van der Waals surface area contributed by atoms with Crippen LogP contribution in [0.5, 0.6) is 0 Å². The van der Waals surface area contributed by atoms with Gasteiger partial charge in [0.15, 0.2) is 0 Å². The number of nitrogens with zero attached hydrogens (tertiary/aromatic N) is 2. The number of aromatic nitrogens is 1. The summed E-state index contributed by atoms with van der Waals surface area (Å²) in [6, 6.07) is 3.48. The van der Waals surface area contributed by atoms with Crippen LogP contribution in [0.1, 0.15) is 17.3 Å². The molecular weight excluding hydrogens is 254 g/mol. The molecule has 0 spiro atoms. The van der Waals surface area contributed by atoms with E-state index in [1.807, 2.05) is 6.07 Å². The number of carbonyl (C=O) groups excluding carboxylic acids is 1. The van der Waals surface area contributed by atoms with Crippen molar-refractivity contribution in [1.82, 2.24) is 10.3 Å².